The van der Waals surface area contributed by atoms with Crippen LogP contribution in [0, 0.1) is 0 Å². The number of carbonyl (C=O) groups excluding carboxylic acids is 3. The smallest absolute Gasteiger partial charge is 0.351 e. The molecule has 1 fully saturated rings. The molecule has 2 aromatic heterocycles. The third-order valence-electron chi connectivity index (χ3n) is 7.47. The lowest BCUT2D eigenvalue weighted by Gasteiger charge is -2.25. The first kappa shape index (κ1) is 31.0. The second kappa shape index (κ2) is 14.0. The molecular weight excluding hydrogens is 606 g/mol. The van der Waals surface area contributed by atoms with Crippen molar-refractivity contribution in [3.8, 4) is 5.82 Å². The minimum atomic E-state index is -1.36. The van der Waals surface area contributed by atoms with Crippen LogP contribution in [0.5, 0.6) is 0 Å². The van der Waals surface area contributed by atoms with Crippen LogP contribution in [0.3, 0.4) is 0 Å². The van der Waals surface area contributed by atoms with E-state index in [0.29, 0.717) is 17.5 Å². The summed E-state index contributed by atoms with van der Waals surface area (Å²) in [5.41, 5.74) is 0.591. The van der Waals surface area contributed by atoms with Crippen molar-refractivity contribution in [2.75, 3.05) is 6.61 Å². The van der Waals surface area contributed by atoms with E-state index in [1.165, 1.54) is 28.1 Å². The Morgan fingerprint density at radius 2 is 1.34 bits per heavy atom. The van der Waals surface area contributed by atoms with Crippen LogP contribution in [0.4, 0.5) is 0 Å². The van der Waals surface area contributed by atoms with Crippen LogP contribution >= 0.6 is 0 Å². The lowest BCUT2D eigenvalue weighted by atomic mass is 10.1. The summed E-state index contributed by atoms with van der Waals surface area (Å²) in [7, 11) is 0. The van der Waals surface area contributed by atoms with Crippen molar-refractivity contribution >= 4 is 17.9 Å². The van der Waals surface area contributed by atoms with Gasteiger partial charge in [-0.15, -0.1) is 0 Å². The van der Waals surface area contributed by atoms with Crippen LogP contribution in [-0.4, -0.2) is 67.1 Å². The number of hydrogen-bond donors (Lipinski definition) is 0. The number of carbonyl (C=O) groups is 3. The number of benzene rings is 3. The molecule has 47 heavy (non-hydrogen) atoms. The van der Waals surface area contributed by atoms with E-state index in [9.17, 15) is 19.2 Å². The summed E-state index contributed by atoms with van der Waals surface area (Å²) in [6.07, 6.45) is -0.458. The Labute approximate surface area is 268 Å². The van der Waals surface area contributed by atoms with Gasteiger partial charge in [-0.1, -0.05) is 61.5 Å². The van der Waals surface area contributed by atoms with E-state index in [4.69, 9.17) is 18.9 Å². The molecular formula is C34H29N5O8. The number of ether oxygens (including phenoxy) is 4. The maximum Gasteiger partial charge on any atom is 0.351 e. The average Bonchev–Trinajstić information content (AvgIpc) is 3.77. The SMILES string of the molecule is CCc1cn([C@@H]2O[C@H](COC(=O)c3ccccc3)C(OC(=O)c3ccccc3)[C@@H]2OC(=O)c2ccccc2)c(=O)nc1-n1cncn1. The van der Waals surface area contributed by atoms with Gasteiger partial charge in [0.2, 0.25) is 0 Å². The number of rotatable bonds is 10. The molecule has 0 aliphatic carbocycles. The molecule has 0 N–H and O–H groups in total. The zero-order valence-corrected chi connectivity index (χ0v) is 25.1. The summed E-state index contributed by atoms with van der Waals surface area (Å²) < 4.78 is 26.3. The second-order valence-corrected chi connectivity index (χ2v) is 10.5. The average molecular weight is 636 g/mol. The van der Waals surface area contributed by atoms with Crippen LogP contribution < -0.4 is 5.69 Å². The van der Waals surface area contributed by atoms with Crippen molar-refractivity contribution in [3.05, 3.63) is 143 Å². The predicted molar refractivity (Wildman–Crippen MR) is 165 cm³/mol. The molecule has 6 rings (SSSR count). The largest absolute Gasteiger partial charge is 0.459 e. The maximum atomic E-state index is 13.6. The van der Waals surface area contributed by atoms with Gasteiger partial charge in [0.15, 0.2) is 24.3 Å². The molecule has 1 aliphatic rings. The lowest BCUT2D eigenvalue weighted by Crippen LogP contribution is -2.42. The van der Waals surface area contributed by atoms with Gasteiger partial charge in [0, 0.05) is 11.8 Å². The van der Waals surface area contributed by atoms with Crippen molar-refractivity contribution < 1.29 is 33.3 Å². The standard InChI is InChI=1S/C34H29N5O8/c1-2-22-18-38(34(43)37-29(22)39-21-35-20-36-39)30-28(47-33(42)25-16-10-5-11-17-25)27(46-32(41)24-14-8-4-9-15-24)26(45-30)19-44-31(40)23-12-6-3-7-13-23/h3-18,20-21,26-28,30H,2,19H2,1H3/t26-,27?,28+,30-/m1/s1. The lowest BCUT2D eigenvalue weighted by molar-refractivity contribution is -0.0640. The maximum absolute atomic E-state index is 13.6. The van der Waals surface area contributed by atoms with Crippen LogP contribution in [0.2, 0.25) is 0 Å². The Morgan fingerprint density at radius 3 is 1.87 bits per heavy atom. The Kier molecular flexibility index (Phi) is 9.25. The topological polar surface area (TPSA) is 154 Å². The fourth-order valence-electron chi connectivity index (χ4n) is 5.13. The van der Waals surface area contributed by atoms with Gasteiger partial charge in [0.1, 0.15) is 25.4 Å². The highest BCUT2D eigenvalue weighted by molar-refractivity contribution is 5.91. The van der Waals surface area contributed by atoms with E-state index in [1.807, 2.05) is 6.92 Å². The molecule has 3 heterocycles. The van der Waals surface area contributed by atoms with Gasteiger partial charge in [-0.25, -0.2) is 28.8 Å². The van der Waals surface area contributed by atoms with Gasteiger partial charge in [-0.05, 0) is 42.8 Å². The van der Waals surface area contributed by atoms with E-state index in [-0.39, 0.29) is 16.9 Å². The van der Waals surface area contributed by atoms with E-state index in [2.05, 4.69) is 15.1 Å². The Bertz CT molecular complexity index is 1900. The van der Waals surface area contributed by atoms with Crippen molar-refractivity contribution in [1.82, 2.24) is 24.3 Å². The molecule has 1 aliphatic heterocycles. The molecule has 0 bridgehead atoms. The molecule has 0 spiro atoms. The number of aromatic nitrogens is 5. The third kappa shape index (κ3) is 6.84. The molecule has 5 aromatic rings. The molecule has 0 radical (unpaired) electrons. The fraction of sp³-hybridized carbons (Fsp3) is 0.206. The molecule has 13 heteroatoms. The zero-order chi connectivity index (χ0) is 32.8. The van der Waals surface area contributed by atoms with E-state index in [1.54, 1.807) is 91.0 Å². The number of nitrogens with zero attached hydrogens (tertiary/aromatic N) is 5. The van der Waals surface area contributed by atoms with E-state index < -0.39 is 54.7 Å². The molecule has 1 saturated heterocycles. The summed E-state index contributed by atoms with van der Waals surface area (Å²) in [6, 6.07) is 24.7. The highest BCUT2D eigenvalue weighted by Gasteiger charge is 2.52. The summed E-state index contributed by atoms with van der Waals surface area (Å²) >= 11 is 0. The third-order valence-corrected chi connectivity index (χ3v) is 7.47. The van der Waals surface area contributed by atoms with Crippen molar-refractivity contribution in [1.29, 1.82) is 0 Å². The van der Waals surface area contributed by atoms with Crippen molar-refractivity contribution in [3.63, 3.8) is 0 Å². The van der Waals surface area contributed by atoms with Crippen LogP contribution in [-0.2, 0) is 25.4 Å². The van der Waals surface area contributed by atoms with Crippen LogP contribution in [0.15, 0.2) is 115 Å². The fourth-order valence-corrected chi connectivity index (χ4v) is 5.13. The first-order valence-electron chi connectivity index (χ1n) is 14.8. The van der Waals surface area contributed by atoms with Crippen molar-refractivity contribution in [2.24, 2.45) is 0 Å². The van der Waals surface area contributed by atoms with Crippen LogP contribution in [0.1, 0.15) is 49.8 Å². The second-order valence-electron chi connectivity index (χ2n) is 10.5. The first-order valence-corrected chi connectivity index (χ1v) is 14.8. The summed E-state index contributed by atoms with van der Waals surface area (Å²) in [5, 5.41) is 4.09. The summed E-state index contributed by atoms with van der Waals surface area (Å²) in [6.45, 7) is 1.47. The highest BCUT2D eigenvalue weighted by atomic mass is 16.7. The number of hydrogen-bond acceptors (Lipinski definition) is 11. The Morgan fingerprint density at radius 1 is 0.787 bits per heavy atom. The van der Waals surface area contributed by atoms with Gasteiger partial charge in [-0.3, -0.25) is 4.57 Å². The minimum Gasteiger partial charge on any atom is -0.459 e. The molecule has 13 nitrogen and oxygen atoms in total. The Hall–Kier alpha value is -5.95. The highest BCUT2D eigenvalue weighted by Crippen LogP contribution is 2.35. The van der Waals surface area contributed by atoms with Gasteiger partial charge in [-0.2, -0.15) is 10.1 Å². The van der Waals surface area contributed by atoms with Crippen LogP contribution in [0.25, 0.3) is 5.82 Å². The zero-order valence-electron chi connectivity index (χ0n) is 25.1. The summed E-state index contributed by atoms with van der Waals surface area (Å²) in [5.74, 6) is -1.86. The normalized spacial score (nSPS) is 18.7. The quantitative estimate of drug-likeness (QED) is 0.163. The van der Waals surface area contributed by atoms with Gasteiger partial charge in [0.25, 0.3) is 0 Å². The molecule has 0 saturated carbocycles. The summed E-state index contributed by atoms with van der Waals surface area (Å²) in [4.78, 5) is 61.4. The van der Waals surface area contributed by atoms with E-state index >= 15 is 0 Å². The van der Waals surface area contributed by atoms with Gasteiger partial charge in [0.05, 0.1) is 16.7 Å². The van der Waals surface area contributed by atoms with Gasteiger partial charge < -0.3 is 18.9 Å². The van der Waals surface area contributed by atoms with Crippen molar-refractivity contribution in [2.45, 2.75) is 37.9 Å². The molecule has 0 amide bonds. The number of esters is 3. The first-order chi connectivity index (χ1) is 22.9. The monoisotopic (exact) mass is 635 g/mol. The van der Waals surface area contributed by atoms with E-state index in [0.717, 1.165) is 0 Å². The Balaban J connectivity index is 1.39. The molecule has 238 valence electrons. The van der Waals surface area contributed by atoms with Gasteiger partial charge >= 0.3 is 23.6 Å². The molecule has 3 aromatic carbocycles. The molecule has 1 unspecified atom stereocenters. The minimum absolute atomic E-state index is 0.222. The molecule has 4 atom stereocenters. The number of aryl methyl sites for hydroxylation is 1. The predicted octanol–water partition coefficient (Wildman–Crippen LogP) is 3.59.